The second-order valence-corrected chi connectivity index (χ2v) is 5.29. The van der Waals surface area contributed by atoms with E-state index in [1.807, 2.05) is 37.4 Å². The summed E-state index contributed by atoms with van der Waals surface area (Å²) in [6, 6.07) is 12.8. The molecule has 0 unspecified atom stereocenters. The minimum atomic E-state index is -0.167. The number of halogens is 1. The Bertz CT molecular complexity index is 779. The summed E-state index contributed by atoms with van der Waals surface area (Å²) in [4.78, 5) is 12.2. The standard InChI is InChI=1S/C14H11BrN4O/c1-19-13-7-2-9(8-12(13)17-18-19)14(20)16-11-5-3-10(15)4-6-11/h2-8H,1H3,(H,16,20). The molecule has 3 rings (SSSR count). The van der Waals surface area contributed by atoms with Crippen LogP contribution < -0.4 is 5.32 Å². The van der Waals surface area contributed by atoms with Gasteiger partial charge in [0, 0.05) is 22.8 Å². The first-order chi connectivity index (χ1) is 9.63. The van der Waals surface area contributed by atoms with Crippen molar-refractivity contribution in [1.29, 1.82) is 0 Å². The van der Waals surface area contributed by atoms with E-state index >= 15 is 0 Å². The summed E-state index contributed by atoms with van der Waals surface area (Å²) in [5, 5.41) is 10.8. The average molecular weight is 331 g/mol. The third-order valence-electron chi connectivity index (χ3n) is 2.97. The third kappa shape index (κ3) is 2.42. The Labute approximate surface area is 123 Å². The van der Waals surface area contributed by atoms with Crippen LogP contribution in [0, 0.1) is 0 Å². The van der Waals surface area contributed by atoms with Gasteiger partial charge < -0.3 is 5.32 Å². The Morgan fingerprint density at radius 2 is 1.95 bits per heavy atom. The molecular weight excluding hydrogens is 320 g/mol. The van der Waals surface area contributed by atoms with Gasteiger partial charge >= 0.3 is 0 Å². The second kappa shape index (κ2) is 5.05. The van der Waals surface area contributed by atoms with Crippen LogP contribution in [0.2, 0.25) is 0 Å². The molecule has 0 aliphatic rings. The van der Waals surface area contributed by atoms with E-state index in [0.29, 0.717) is 11.1 Å². The van der Waals surface area contributed by atoms with Gasteiger partial charge in [0.1, 0.15) is 5.52 Å². The normalized spacial score (nSPS) is 10.7. The fourth-order valence-corrected chi connectivity index (χ4v) is 2.18. The van der Waals surface area contributed by atoms with Crippen molar-refractivity contribution in [3.05, 3.63) is 52.5 Å². The minimum Gasteiger partial charge on any atom is -0.322 e. The van der Waals surface area contributed by atoms with E-state index < -0.39 is 0 Å². The molecule has 0 atom stereocenters. The molecule has 1 amide bonds. The Hall–Kier alpha value is -2.21. The zero-order valence-corrected chi connectivity index (χ0v) is 12.3. The van der Waals surface area contributed by atoms with Crippen LogP contribution in [-0.4, -0.2) is 20.9 Å². The van der Waals surface area contributed by atoms with Gasteiger partial charge in [-0.2, -0.15) is 0 Å². The molecule has 1 heterocycles. The summed E-state index contributed by atoms with van der Waals surface area (Å²) in [5.74, 6) is -0.167. The van der Waals surface area contributed by atoms with E-state index in [4.69, 9.17) is 0 Å². The van der Waals surface area contributed by atoms with Gasteiger partial charge in [0.05, 0.1) is 5.52 Å². The van der Waals surface area contributed by atoms with E-state index in [2.05, 4.69) is 31.6 Å². The summed E-state index contributed by atoms with van der Waals surface area (Å²) in [6.45, 7) is 0. The molecule has 0 saturated carbocycles. The number of anilines is 1. The molecule has 0 fully saturated rings. The third-order valence-corrected chi connectivity index (χ3v) is 3.50. The molecule has 0 saturated heterocycles. The largest absolute Gasteiger partial charge is 0.322 e. The number of hydrogen-bond acceptors (Lipinski definition) is 3. The highest BCUT2D eigenvalue weighted by Gasteiger charge is 2.09. The highest BCUT2D eigenvalue weighted by atomic mass is 79.9. The molecule has 1 N–H and O–H groups in total. The lowest BCUT2D eigenvalue weighted by Crippen LogP contribution is -2.11. The molecule has 3 aromatic rings. The number of hydrogen-bond donors (Lipinski definition) is 1. The van der Waals surface area contributed by atoms with Crippen LogP contribution in [0.3, 0.4) is 0 Å². The summed E-state index contributed by atoms with van der Waals surface area (Å²) < 4.78 is 2.64. The van der Waals surface area contributed by atoms with Crippen molar-refractivity contribution in [3.8, 4) is 0 Å². The molecule has 1 aromatic heterocycles. The summed E-state index contributed by atoms with van der Waals surface area (Å²) in [6.07, 6.45) is 0. The molecule has 2 aromatic carbocycles. The van der Waals surface area contributed by atoms with E-state index in [1.54, 1.807) is 16.8 Å². The number of carbonyl (C=O) groups excluding carboxylic acids is 1. The van der Waals surface area contributed by atoms with Gasteiger partial charge in [-0.15, -0.1) is 5.10 Å². The predicted molar refractivity (Wildman–Crippen MR) is 80.6 cm³/mol. The fourth-order valence-electron chi connectivity index (χ4n) is 1.92. The van der Waals surface area contributed by atoms with Crippen LogP contribution in [0.5, 0.6) is 0 Å². The van der Waals surface area contributed by atoms with Gasteiger partial charge in [-0.1, -0.05) is 21.1 Å². The van der Waals surface area contributed by atoms with Crippen molar-refractivity contribution >= 4 is 38.6 Å². The summed E-state index contributed by atoms with van der Waals surface area (Å²) in [7, 11) is 1.82. The van der Waals surface area contributed by atoms with Crippen LogP contribution in [0.25, 0.3) is 11.0 Å². The fraction of sp³-hybridized carbons (Fsp3) is 0.0714. The first-order valence-electron chi connectivity index (χ1n) is 6.00. The molecule has 6 heteroatoms. The first-order valence-corrected chi connectivity index (χ1v) is 6.79. The quantitative estimate of drug-likeness (QED) is 0.785. The Morgan fingerprint density at radius 1 is 1.20 bits per heavy atom. The number of carbonyl (C=O) groups is 1. The zero-order valence-electron chi connectivity index (χ0n) is 10.7. The average Bonchev–Trinajstić information content (AvgIpc) is 2.82. The summed E-state index contributed by atoms with van der Waals surface area (Å²) >= 11 is 3.36. The maximum atomic E-state index is 12.2. The lowest BCUT2D eigenvalue weighted by atomic mass is 10.2. The van der Waals surface area contributed by atoms with Gasteiger partial charge in [0.2, 0.25) is 0 Å². The van der Waals surface area contributed by atoms with Gasteiger partial charge in [0.25, 0.3) is 5.91 Å². The van der Waals surface area contributed by atoms with Gasteiger partial charge in [-0.05, 0) is 42.5 Å². The lowest BCUT2D eigenvalue weighted by molar-refractivity contribution is 0.102. The van der Waals surface area contributed by atoms with Crippen molar-refractivity contribution in [1.82, 2.24) is 15.0 Å². The number of benzene rings is 2. The Balaban J connectivity index is 1.86. The topological polar surface area (TPSA) is 59.8 Å². The number of rotatable bonds is 2. The van der Waals surface area contributed by atoms with Crippen LogP contribution in [0.4, 0.5) is 5.69 Å². The molecule has 0 radical (unpaired) electrons. The van der Waals surface area contributed by atoms with Gasteiger partial charge in [-0.25, -0.2) is 4.68 Å². The molecule has 0 aliphatic carbocycles. The minimum absolute atomic E-state index is 0.167. The highest BCUT2D eigenvalue weighted by Crippen LogP contribution is 2.17. The lowest BCUT2D eigenvalue weighted by Gasteiger charge is -2.05. The number of amides is 1. The molecular formula is C14H11BrN4O. The molecule has 100 valence electrons. The number of nitrogens with zero attached hydrogens (tertiary/aromatic N) is 3. The van der Waals surface area contributed by atoms with Crippen LogP contribution >= 0.6 is 15.9 Å². The second-order valence-electron chi connectivity index (χ2n) is 4.38. The molecule has 20 heavy (non-hydrogen) atoms. The maximum Gasteiger partial charge on any atom is 0.255 e. The van der Waals surface area contributed by atoms with Crippen molar-refractivity contribution in [3.63, 3.8) is 0 Å². The van der Waals surface area contributed by atoms with Crippen molar-refractivity contribution in [2.45, 2.75) is 0 Å². The molecule has 0 spiro atoms. The first kappa shape index (κ1) is 12.8. The summed E-state index contributed by atoms with van der Waals surface area (Å²) in [5.41, 5.74) is 2.90. The zero-order chi connectivity index (χ0) is 14.1. The van der Waals surface area contributed by atoms with Gasteiger partial charge in [-0.3, -0.25) is 4.79 Å². The number of aromatic nitrogens is 3. The molecule has 0 aliphatic heterocycles. The number of aryl methyl sites for hydroxylation is 1. The molecule has 5 nitrogen and oxygen atoms in total. The monoisotopic (exact) mass is 330 g/mol. The van der Waals surface area contributed by atoms with Crippen LogP contribution in [0.1, 0.15) is 10.4 Å². The van der Waals surface area contributed by atoms with E-state index in [1.165, 1.54) is 0 Å². The maximum absolute atomic E-state index is 12.2. The number of nitrogens with one attached hydrogen (secondary N) is 1. The Morgan fingerprint density at radius 3 is 2.70 bits per heavy atom. The van der Waals surface area contributed by atoms with Crippen LogP contribution in [0.15, 0.2) is 46.9 Å². The van der Waals surface area contributed by atoms with Crippen molar-refractivity contribution in [2.75, 3.05) is 5.32 Å². The predicted octanol–water partition coefficient (Wildman–Crippen LogP) is 2.98. The van der Waals surface area contributed by atoms with Crippen molar-refractivity contribution in [2.24, 2.45) is 7.05 Å². The van der Waals surface area contributed by atoms with Crippen LogP contribution in [-0.2, 0) is 7.05 Å². The van der Waals surface area contributed by atoms with Gasteiger partial charge in [0.15, 0.2) is 0 Å². The number of fused-ring (bicyclic) bond motifs is 1. The smallest absolute Gasteiger partial charge is 0.255 e. The highest BCUT2D eigenvalue weighted by molar-refractivity contribution is 9.10. The van der Waals surface area contributed by atoms with E-state index in [0.717, 1.165) is 15.7 Å². The molecule has 0 bridgehead atoms. The SMILES string of the molecule is Cn1nnc2cc(C(=O)Nc3ccc(Br)cc3)ccc21. The van der Waals surface area contributed by atoms with E-state index in [-0.39, 0.29) is 5.91 Å². The van der Waals surface area contributed by atoms with E-state index in [9.17, 15) is 4.79 Å². The Kier molecular flexibility index (Phi) is 3.23. The van der Waals surface area contributed by atoms with Crippen molar-refractivity contribution < 1.29 is 4.79 Å².